The molecule has 2 aromatic rings. The first-order valence-electron chi connectivity index (χ1n) is 11.1. The van der Waals surface area contributed by atoms with Gasteiger partial charge < -0.3 is 5.11 Å². The van der Waals surface area contributed by atoms with Crippen LogP contribution in [-0.2, 0) is 6.42 Å². The Hall–Kier alpha value is -1.36. The smallest absolute Gasteiger partial charge is 0.118 e. The van der Waals surface area contributed by atoms with E-state index in [2.05, 4.69) is 46.2 Å². The minimum atomic E-state index is 0. The lowest BCUT2D eigenvalue weighted by Crippen LogP contribution is -2.51. The standard InChI is InChI=1S/C25H34N2O.BrH/c28-25-15-9-8-12-22(25)20-24(21-10-4-3-5-11-21)27-18-16-26(17-19-27)23-13-6-1-2-7-14-23;/h3-5,8-12,15,23-24,28H,1-2,6-7,13-14,16-20H2;1H. The molecular weight excluding hydrogens is 424 g/mol. The number of piperazine rings is 1. The summed E-state index contributed by atoms with van der Waals surface area (Å²) in [5.74, 6) is 0.417. The van der Waals surface area contributed by atoms with E-state index in [1.165, 1.54) is 57.2 Å². The first-order chi connectivity index (χ1) is 13.8. The molecular formula is C25H35BrN2O. The number of phenolic OH excluding ortho intramolecular Hbond substituents is 1. The van der Waals surface area contributed by atoms with Gasteiger partial charge in [0.25, 0.3) is 0 Å². The molecule has 0 bridgehead atoms. The summed E-state index contributed by atoms with van der Waals surface area (Å²) in [5, 5.41) is 10.3. The van der Waals surface area contributed by atoms with Crippen LogP contribution in [0.15, 0.2) is 54.6 Å². The quantitative estimate of drug-likeness (QED) is 0.591. The number of phenols is 1. The van der Waals surface area contributed by atoms with Crippen molar-refractivity contribution in [3.05, 3.63) is 65.7 Å². The third-order valence-electron chi connectivity index (χ3n) is 6.72. The molecule has 1 saturated heterocycles. The van der Waals surface area contributed by atoms with E-state index in [1.807, 2.05) is 12.1 Å². The average molecular weight is 459 g/mol. The molecule has 1 atom stereocenters. The SMILES string of the molecule is Br.Oc1ccccc1CC(c1ccccc1)N1CCN(C2CCCCCC2)CC1. The van der Waals surface area contributed by atoms with Crippen molar-refractivity contribution in [3.63, 3.8) is 0 Å². The number of aromatic hydroxyl groups is 1. The molecule has 0 aromatic heterocycles. The van der Waals surface area contributed by atoms with Crippen LogP contribution in [0.2, 0.25) is 0 Å². The van der Waals surface area contributed by atoms with Gasteiger partial charge in [0.2, 0.25) is 0 Å². The zero-order valence-electron chi connectivity index (χ0n) is 17.4. The van der Waals surface area contributed by atoms with Gasteiger partial charge in [-0.1, -0.05) is 74.2 Å². The molecule has 1 unspecified atom stereocenters. The third kappa shape index (κ3) is 5.84. The van der Waals surface area contributed by atoms with Crippen LogP contribution in [0.5, 0.6) is 5.75 Å². The molecule has 2 aromatic carbocycles. The number of halogens is 1. The van der Waals surface area contributed by atoms with Crippen LogP contribution in [0.25, 0.3) is 0 Å². The highest BCUT2D eigenvalue weighted by Gasteiger charge is 2.29. The Bertz CT molecular complexity index is 723. The van der Waals surface area contributed by atoms with Gasteiger partial charge >= 0.3 is 0 Å². The molecule has 0 spiro atoms. The van der Waals surface area contributed by atoms with Crippen LogP contribution < -0.4 is 0 Å². The maximum absolute atomic E-state index is 10.3. The predicted octanol–water partition coefficient (Wildman–Crippen LogP) is 5.59. The Labute approximate surface area is 186 Å². The summed E-state index contributed by atoms with van der Waals surface area (Å²) in [6, 6.07) is 19.8. The van der Waals surface area contributed by atoms with E-state index in [4.69, 9.17) is 0 Å². The Morgan fingerprint density at radius 3 is 2.07 bits per heavy atom. The Balaban J connectivity index is 0.00000240. The van der Waals surface area contributed by atoms with Crippen LogP contribution in [-0.4, -0.2) is 47.1 Å². The minimum Gasteiger partial charge on any atom is -0.508 e. The molecule has 4 rings (SSSR count). The largest absolute Gasteiger partial charge is 0.508 e. The molecule has 29 heavy (non-hydrogen) atoms. The predicted molar refractivity (Wildman–Crippen MR) is 126 cm³/mol. The maximum atomic E-state index is 10.3. The van der Waals surface area contributed by atoms with E-state index in [0.717, 1.165) is 31.1 Å². The van der Waals surface area contributed by atoms with Crippen molar-refractivity contribution in [3.8, 4) is 5.75 Å². The summed E-state index contributed by atoms with van der Waals surface area (Å²) >= 11 is 0. The molecule has 1 saturated carbocycles. The number of rotatable bonds is 5. The number of para-hydroxylation sites is 1. The topological polar surface area (TPSA) is 26.7 Å². The fourth-order valence-electron chi connectivity index (χ4n) is 5.06. The zero-order chi connectivity index (χ0) is 19.2. The van der Waals surface area contributed by atoms with Gasteiger partial charge in [0.05, 0.1) is 0 Å². The van der Waals surface area contributed by atoms with E-state index in [1.54, 1.807) is 6.07 Å². The van der Waals surface area contributed by atoms with Crippen molar-refractivity contribution in [1.29, 1.82) is 0 Å². The molecule has 158 valence electrons. The Morgan fingerprint density at radius 1 is 0.793 bits per heavy atom. The van der Waals surface area contributed by atoms with Crippen LogP contribution in [0.3, 0.4) is 0 Å². The van der Waals surface area contributed by atoms with Crippen molar-refractivity contribution in [2.45, 2.75) is 57.0 Å². The summed E-state index contributed by atoms with van der Waals surface area (Å²) in [7, 11) is 0. The maximum Gasteiger partial charge on any atom is 0.118 e. The highest BCUT2D eigenvalue weighted by atomic mass is 79.9. The highest BCUT2D eigenvalue weighted by Crippen LogP contribution is 2.31. The molecule has 4 heteroatoms. The van der Waals surface area contributed by atoms with Gasteiger partial charge in [-0.05, 0) is 36.5 Å². The molecule has 0 radical (unpaired) electrons. The summed E-state index contributed by atoms with van der Waals surface area (Å²) in [6.07, 6.45) is 9.30. The van der Waals surface area contributed by atoms with Gasteiger partial charge in [0.1, 0.15) is 5.75 Å². The molecule has 2 aliphatic rings. The molecule has 1 N–H and O–H groups in total. The fourth-order valence-corrected chi connectivity index (χ4v) is 5.06. The zero-order valence-corrected chi connectivity index (χ0v) is 19.1. The van der Waals surface area contributed by atoms with Crippen molar-refractivity contribution in [2.24, 2.45) is 0 Å². The van der Waals surface area contributed by atoms with Gasteiger partial charge in [-0.3, -0.25) is 9.80 Å². The monoisotopic (exact) mass is 458 g/mol. The summed E-state index contributed by atoms with van der Waals surface area (Å²) in [4.78, 5) is 5.39. The van der Waals surface area contributed by atoms with Gasteiger partial charge in [0, 0.05) is 38.3 Å². The molecule has 2 fully saturated rings. The Kier molecular flexibility index (Phi) is 8.58. The Morgan fingerprint density at radius 2 is 1.41 bits per heavy atom. The van der Waals surface area contributed by atoms with Crippen LogP contribution in [0, 0.1) is 0 Å². The van der Waals surface area contributed by atoms with E-state index in [-0.39, 0.29) is 17.0 Å². The second kappa shape index (κ2) is 11.1. The van der Waals surface area contributed by atoms with Crippen LogP contribution in [0.4, 0.5) is 0 Å². The molecule has 0 amide bonds. The fraction of sp³-hybridized carbons (Fsp3) is 0.520. The van der Waals surface area contributed by atoms with Crippen molar-refractivity contribution in [2.75, 3.05) is 26.2 Å². The lowest BCUT2D eigenvalue weighted by molar-refractivity contribution is 0.0631. The third-order valence-corrected chi connectivity index (χ3v) is 6.72. The molecule has 1 aliphatic heterocycles. The summed E-state index contributed by atoms with van der Waals surface area (Å²) < 4.78 is 0. The van der Waals surface area contributed by atoms with E-state index in [9.17, 15) is 5.11 Å². The van der Waals surface area contributed by atoms with Crippen LogP contribution >= 0.6 is 17.0 Å². The lowest BCUT2D eigenvalue weighted by Gasteiger charge is -2.42. The van der Waals surface area contributed by atoms with Crippen LogP contribution in [0.1, 0.15) is 55.7 Å². The summed E-state index contributed by atoms with van der Waals surface area (Å²) in [6.45, 7) is 4.58. The molecule has 1 heterocycles. The first-order valence-corrected chi connectivity index (χ1v) is 11.1. The van der Waals surface area contributed by atoms with E-state index >= 15 is 0 Å². The van der Waals surface area contributed by atoms with Gasteiger partial charge in [-0.2, -0.15) is 0 Å². The molecule has 1 aliphatic carbocycles. The van der Waals surface area contributed by atoms with E-state index in [0.29, 0.717) is 11.8 Å². The van der Waals surface area contributed by atoms with Crippen molar-refractivity contribution in [1.82, 2.24) is 9.80 Å². The van der Waals surface area contributed by atoms with Gasteiger partial charge in [-0.25, -0.2) is 0 Å². The van der Waals surface area contributed by atoms with Gasteiger partial charge in [0.15, 0.2) is 0 Å². The lowest BCUT2D eigenvalue weighted by atomic mass is 9.96. The second-order valence-corrected chi connectivity index (χ2v) is 8.48. The number of hydrogen-bond donors (Lipinski definition) is 1. The number of hydrogen-bond acceptors (Lipinski definition) is 3. The number of nitrogens with zero attached hydrogens (tertiary/aromatic N) is 2. The second-order valence-electron chi connectivity index (χ2n) is 8.48. The first kappa shape index (κ1) is 22.3. The molecule has 3 nitrogen and oxygen atoms in total. The van der Waals surface area contributed by atoms with Gasteiger partial charge in [-0.15, -0.1) is 17.0 Å². The normalized spacial score (nSPS) is 20.6. The summed E-state index contributed by atoms with van der Waals surface area (Å²) in [5.41, 5.74) is 2.40. The average Bonchev–Trinajstić information content (AvgIpc) is 3.04. The minimum absolute atomic E-state index is 0. The number of benzene rings is 2. The van der Waals surface area contributed by atoms with Crippen molar-refractivity contribution >= 4 is 17.0 Å². The highest BCUT2D eigenvalue weighted by molar-refractivity contribution is 8.93. The van der Waals surface area contributed by atoms with Crippen molar-refractivity contribution < 1.29 is 5.11 Å². The van der Waals surface area contributed by atoms with E-state index < -0.39 is 0 Å².